The van der Waals surface area contributed by atoms with Crippen LogP contribution in [0.25, 0.3) is 11.2 Å². The third kappa shape index (κ3) is 3.97. The largest absolute Gasteiger partial charge is 0.481 e. The van der Waals surface area contributed by atoms with Crippen LogP contribution in [-0.4, -0.2) is 31.4 Å². The molecule has 2 rings (SSSR count). The van der Waals surface area contributed by atoms with Crippen molar-refractivity contribution in [2.24, 2.45) is 0 Å². The zero-order valence-electron chi connectivity index (χ0n) is 12.5. The number of hydrogen-bond acceptors (Lipinski definition) is 4. The number of rotatable bonds is 8. The lowest BCUT2D eigenvalue weighted by Gasteiger charge is -2.16. The van der Waals surface area contributed by atoms with Crippen molar-refractivity contribution in [3.63, 3.8) is 0 Å². The van der Waals surface area contributed by atoms with Gasteiger partial charge in [-0.1, -0.05) is 37.9 Å². The molecule has 1 unspecified atom stereocenters. The number of carboxylic acids is 1. The van der Waals surface area contributed by atoms with Gasteiger partial charge in [-0.25, -0.2) is 9.97 Å². The minimum atomic E-state index is -0.829. The van der Waals surface area contributed by atoms with Gasteiger partial charge in [0.05, 0.1) is 5.75 Å². The van der Waals surface area contributed by atoms with Crippen molar-refractivity contribution < 1.29 is 9.90 Å². The van der Waals surface area contributed by atoms with E-state index >= 15 is 0 Å². The maximum absolute atomic E-state index is 10.8. The maximum atomic E-state index is 10.8. The summed E-state index contributed by atoms with van der Waals surface area (Å²) in [6, 6.07) is 4.04. The maximum Gasteiger partial charge on any atom is 0.313 e. The fourth-order valence-corrected chi connectivity index (χ4v) is 3.17. The van der Waals surface area contributed by atoms with Crippen molar-refractivity contribution in [2.75, 3.05) is 5.75 Å². The van der Waals surface area contributed by atoms with Gasteiger partial charge in [0.1, 0.15) is 5.52 Å². The topological polar surface area (TPSA) is 68.0 Å². The van der Waals surface area contributed by atoms with Crippen LogP contribution in [0.4, 0.5) is 0 Å². The van der Waals surface area contributed by atoms with Crippen LogP contribution in [0.5, 0.6) is 0 Å². The average Bonchev–Trinajstić information content (AvgIpc) is 2.83. The fraction of sp³-hybridized carbons (Fsp3) is 0.533. The highest BCUT2D eigenvalue weighted by atomic mass is 32.2. The lowest BCUT2D eigenvalue weighted by Crippen LogP contribution is -2.09. The van der Waals surface area contributed by atoms with Gasteiger partial charge in [-0.05, 0) is 25.5 Å². The number of aliphatic carboxylic acids is 1. The van der Waals surface area contributed by atoms with Crippen molar-refractivity contribution in [1.82, 2.24) is 14.5 Å². The molecule has 21 heavy (non-hydrogen) atoms. The summed E-state index contributed by atoms with van der Waals surface area (Å²) in [5, 5.41) is 9.62. The molecular formula is C15H21N3O2S. The van der Waals surface area contributed by atoms with E-state index in [2.05, 4.69) is 28.4 Å². The van der Waals surface area contributed by atoms with Gasteiger partial charge in [0.15, 0.2) is 10.8 Å². The standard InChI is InChI=1S/C15H21N3O2S/c1-3-4-5-7-11(2)18-14-12(8-6-9-16-14)17-15(18)21-10-13(19)20/h6,8-9,11H,3-5,7,10H2,1-2H3,(H,19,20). The van der Waals surface area contributed by atoms with E-state index in [1.165, 1.54) is 24.6 Å². The van der Waals surface area contributed by atoms with E-state index in [0.29, 0.717) is 0 Å². The van der Waals surface area contributed by atoms with Crippen molar-refractivity contribution in [1.29, 1.82) is 0 Å². The molecule has 0 bridgehead atoms. The second-order valence-corrected chi connectivity index (χ2v) is 6.08. The molecule has 0 amide bonds. The Bertz CT molecular complexity index is 612. The molecule has 0 fully saturated rings. The number of aromatic nitrogens is 3. The molecule has 114 valence electrons. The monoisotopic (exact) mass is 307 g/mol. The summed E-state index contributed by atoms with van der Waals surface area (Å²) in [6.07, 6.45) is 6.37. The van der Waals surface area contributed by atoms with Crippen LogP contribution in [0, 0.1) is 0 Å². The number of imidazole rings is 1. The lowest BCUT2D eigenvalue weighted by atomic mass is 10.1. The molecule has 2 aromatic heterocycles. The van der Waals surface area contributed by atoms with Gasteiger partial charge < -0.3 is 9.67 Å². The molecule has 1 N–H and O–H groups in total. The second kappa shape index (κ2) is 7.45. The number of unbranched alkanes of at least 4 members (excludes halogenated alkanes) is 2. The Balaban J connectivity index is 2.28. The van der Waals surface area contributed by atoms with Crippen LogP contribution >= 0.6 is 11.8 Å². The summed E-state index contributed by atoms with van der Waals surface area (Å²) in [7, 11) is 0. The predicted octanol–water partition coefficient (Wildman–Crippen LogP) is 3.75. The van der Waals surface area contributed by atoms with Crippen molar-refractivity contribution in [3.05, 3.63) is 18.3 Å². The quantitative estimate of drug-likeness (QED) is 0.594. The first-order valence-corrected chi connectivity index (χ1v) is 8.29. The van der Waals surface area contributed by atoms with E-state index in [9.17, 15) is 4.79 Å². The summed E-state index contributed by atoms with van der Waals surface area (Å²) < 4.78 is 2.08. The van der Waals surface area contributed by atoms with Crippen LogP contribution in [0.2, 0.25) is 0 Å². The highest BCUT2D eigenvalue weighted by molar-refractivity contribution is 7.99. The molecule has 2 aromatic rings. The van der Waals surface area contributed by atoms with E-state index in [4.69, 9.17) is 5.11 Å². The number of carbonyl (C=O) groups is 1. The molecule has 1 atom stereocenters. The molecule has 0 aromatic carbocycles. The Labute approximate surface area is 128 Å². The van der Waals surface area contributed by atoms with Gasteiger partial charge in [0, 0.05) is 12.2 Å². The Morgan fingerprint density at radius 1 is 1.48 bits per heavy atom. The third-order valence-corrected chi connectivity index (χ3v) is 4.34. The van der Waals surface area contributed by atoms with Gasteiger partial charge in [-0.15, -0.1) is 0 Å². The lowest BCUT2D eigenvalue weighted by molar-refractivity contribution is -0.133. The van der Waals surface area contributed by atoms with Crippen LogP contribution in [0.1, 0.15) is 45.6 Å². The molecule has 0 aliphatic carbocycles. The van der Waals surface area contributed by atoms with Gasteiger partial charge >= 0.3 is 5.97 Å². The average molecular weight is 307 g/mol. The molecule has 0 saturated heterocycles. The summed E-state index contributed by atoms with van der Waals surface area (Å²) in [4.78, 5) is 19.8. The Hall–Kier alpha value is -1.56. The summed E-state index contributed by atoms with van der Waals surface area (Å²) in [6.45, 7) is 4.34. The highest BCUT2D eigenvalue weighted by Gasteiger charge is 2.17. The van der Waals surface area contributed by atoms with Gasteiger partial charge in [-0.2, -0.15) is 0 Å². The number of hydrogen-bond donors (Lipinski definition) is 1. The minimum Gasteiger partial charge on any atom is -0.481 e. The first-order chi connectivity index (χ1) is 10.1. The number of nitrogens with zero attached hydrogens (tertiary/aromatic N) is 3. The molecule has 0 saturated carbocycles. The van der Waals surface area contributed by atoms with Crippen molar-refractivity contribution >= 4 is 28.9 Å². The number of carboxylic acid groups (broad SMARTS) is 1. The van der Waals surface area contributed by atoms with Crippen LogP contribution in [0.3, 0.4) is 0 Å². The van der Waals surface area contributed by atoms with E-state index in [0.717, 1.165) is 29.2 Å². The molecule has 6 heteroatoms. The van der Waals surface area contributed by atoms with Crippen molar-refractivity contribution in [3.8, 4) is 0 Å². The first-order valence-electron chi connectivity index (χ1n) is 7.31. The first kappa shape index (κ1) is 15.8. The Kier molecular flexibility index (Phi) is 5.61. The van der Waals surface area contributed by atoms with Gasteiger partial charge in [0.2, 0.25) is 0 Å². The molecule has 2 heterocycles. The summed E-state index contributed by atoms with van der Waals surface area (Å²) in [5.41, 5.74) is 1.67. The van der Waals surface area contributed by atoms with Crippen molar-refractivity contribution in [2.45, 2.75) is 50.7 Å². The normalized spacial score (nSPS) is 12.7. The highest BCUT2D eigenvalue weighted by Crippen LogP contribution is 2.28. The van der Waals surface area contributed by atoms with Crippen LogP contribution in [0.15, 0.2) is 23.5 Å². The van der Waals surface area contributed by atoms with E-state index < -0.39 is 5.97 Å². The molecular weight excluding hydrogens is 286 g/mol. The van der Waals surface area contributed by atoms with Crippen LogP contribution < -0.4 is 0 Å². The number of thioether (sulfide) groups is 1. The summed E-state index contributed by atoms with van der Waals surface area (Å²) in [5.74, 6) is -0.810. The minimum absolute atomic E-state index is 0.0189. The number of pyridine rings is 1. The second-order valence-electron chi connectivity index (χ2n) is 5.14. The predicted molar refractivity (Wildman–Crippen MR) is 84.7 cm³/mol. The Morgan fingerprint density at radius 2 is 2.29 bits per heavy atom. The summed E-state index contributed by atoms with van der Waals surface area (Å²) >= 11 is 1.26. The fourth-order valence-electron chi connectivity index (χ4n) is 2.35. The number of fused-ring (bicyclic) bond motifs is 1. The smallest absolute Gasteiger partial charge is 0.313 e. The molecule has 5 nitrogen and oxygen atoms in total. The van der Waals surface area contributed by atoms with Gasteiger partial charge in [0.25, 0.3) is 0 Å². The van der Waals surface area contributed by atoms with E-state index in [-0.39, 0.29) is 11.8 Å². The van der Waals surface area contributed by atoms with Crippen LogP contribution in [-0.2, 0) is 4.79 Å². The third-order valence-electron chi connectivity index (χ3n) is 3.41. The van der Waals surface area contributed by atoms with E-state index in [1.807, 2.05) is 12.1 Å². The molecule has 0 aliphatic heterocycles. The van der Waals surface area contributed by atoms with E-state index in [1.54, 1.807) is 6.20 Å². The zero-order valence-corrected chi connectivity index (χ0v) is 13.3. The Morgan fingerprint density at radius 3 is 3.00 bits per heavy atom. The molecule has 0 aliphatic rings. The molecule has 0 radical (unpaired) electrons. The zero-order chi connectivity index (χ0) is 15.2. The SMILES string of the molecule is CCCCCC(C)n1c(SCC(=O)O)nc2cccnc21. The van der Waals surface area contributed by atoms with Gasteiger partial charge in [-0.3, -0.25) is 4.79 Å². The molecule has 0 spiro atoms.